The molecule has 36 heavy (non-hydrogen) atoms. The van der Waals surface area contributed by atoms with E-state index in [-0.39, 0.29) is 40.4 Å². The van der Waals surface area contributed by atoms with Gasteiger partial charge < -0.3 is 29.4 Å². The maximum absolute atomic E-state index is 13.8. The van der Waals surface area contributed by atoms with Gasteiger partial charge in [-0.1, -0.05) is 0 Å². The van der Waals surface area contributed by atoms with Crippen molar-refractivity contribution in [2.24, 2.45) is 5.73 Å². The molecule has 0 amide bonds. The molecular weight excluding hydrogens is 478 g/mol. The van der Waals surface area contributed by atoms with Crippen LogP contribution in [0, 0.1) is 0 Å². The van der Waals surface area contributed by atoms with Gasteiger partial charge in [0.2, 0.25) is 11.8 Å². The second kappa shape index (κ2) is 12.0. The number of esters is 1. The summed E-state index contributed by atoms with van der Waals surface area (Å²) in [4.78, 5) is 29.5. The number of carbonyl (C=O) groups excluding carboxylic acids is 2. The van der Waals surface area contributed by atoms with Gasteiger partial charge in [-0.3, -0.25) is 9.59 Å². The molecule has 3 unspecified atom stereocenters. The zero-order chi connectivity index (χ0) is 26.4. The highest BCUT2D eigenvalue weighted by Gasteiger charge is 2.34. The Kier molecular flexibility index (Phi) is 9.03. The third-order valence-electron chi connectivity index (χ3n) is 5.99. The van der Waals surface area contributed by atoms with Crippen LogP contribution < -0.4 is 24.7 Å². The quantitative estimate of drug-likeness (QED) is 0.380. The first-order chi connectivity index (χ1) is 17.2. The molecule has 1 aromatic carbocycles. The van der Waals surface area contributed by atoms with Crippen LogP contribution in [0.1, 0.15) is 53.6 Å². The second-order valence-electron chi connectivity index (χ2n) is 8.38. The number of ether oxygens (including phenoxy) is 5. The molecule has 0 saturated heterocycles. The van der Waals surface area contributed by atoms with Crippen molar-refractivity contribution < 1.29 is 42.1 Å². The van der Waals surface area contributed by atoms with Crippen molar-refractivity contribution in [1.29, 1.82) is 0 Å². The first-order valence-corrected chi connectivity index (χ1v) is 11.4. The summed E-state index contributed by atoms with van der Waals surface area (Å²) in [6.07, 6.45) is -1.65. The fraction of sp³-hybridized carbons (Fsp3) is 0.480. The van der Waals surface area contributed by atoms with Gasteiger partial charge in [-0.25, -0.2) is 8.78 Å². The number of hydrogen-bond acceptors (Lipinski definition) is 9. The maximum atomic E-state index is 13.8. The summed E-state index contributed by atoms with van der Waals surface area (Å²) in [6, 6.07) is 5.50. The molecule has 0 radical (unpaired) electrons. The molecule has 11 heteroatoms. The molecule has 0 aliphatic heterocycles. The number of carbonyl (C=O) groups is 2. The van der Waals surface area contributed by atoms with Crippen molar-refractivity contribution in [1.82, 2.24) is 4.98 Å². The van der Waals surface area contributed by atoms with Crippen LogP contribution in [0.5, 0.6) is 23.3 Å². The largest absolute Gasteiger partial charge is 0.493 e. The number of pyridine rings is 1. The average molecular weight is 509 g/mol. The van der Waals surface area contributed by atoms with Crippen molar-refractivity contribution in [2.45, 2.75) is 50.7 Å². The molecule has 1 aliphatic carbocycles. The second-order valence-corrected chi connectivity index (χ2v) is 8.38. The molecule has 1 fully saturated rings. The lowest BCUT2D eigenvalue weighted by Gasteiger charge is -2.35. The van der Waals surface area contributed by atoms with E-state index in [1.165, 1.54) is 52.5 Å². The molecule has 3 atom stereocenters. The van der Waals surface area contributed by atoms with Crippen LogP contribution >= 0.6 is 0 Å². The van der Waals surface area contributed by atoms with Crippen LogP contribution in [0.4, 0.5) is 8.78 Å². The van der Waals surface area contributed by atoms with Gasteiger partial charge in [0, 0.05) is 42.1 Å². The Morgan fingerprint density at radius 2 is 1.69 bits per heavy atom. The van der Waals surface area contributed by atoms with Gasteiger partial charge in [-0.2, -0.15) is 4.98 Å². The highest BCUT2D eigenvalue weighted by Crippen LogP contribution is 2.41. The first kappa shape index (κ1) is 27.1. The highest BCUT2D eigenvalue weighted by atomic mass is 19.3. The predicted octanol–water partition coefficient (Wildman–Crippen LogP) is 3.51. The predicted molar refractivity (Wildman–Crippen MR) is 125 cm³/mol. The van der Waals surface area contributed by atoms with E-state index in [2.05, 4.69) is 4.98 Å². The Bertz CT molecular complexity index is 1070. The van der Waals surface area contributed by atoms with Gasteiger partial charge in [-0.15, -0.1) is 0 Å². The lowest BCUT2D eigenvalue weighted by molar-refractivity contribution is -0.148. The number of hydrogen-bond donors (Lipinski definition) is 1. The smallest absolute Gasteiger partial charge is 0.302 e. The monoisotopic (exact) mass is 508 g/mol. The van der Waals surface area contributed by atoms with Gasteiger partial charge in [0.25, 0.3) is 6.43 Å². The van der Waals surface area contributed by atoms with Crippen molar-refractivity contribution in [3.05, 3.63) is 41.0 Å². The van der Waals surface area contributed by atoms with Gasteiger partial charge >= 0.3 is 5.97 Å². The lowest BCUT2D eigenvalue weighted by atomic mass is 9.76. The average Bonchev–Trinajstić information content (AvgIpc) is 2.86. The Hall–Kier alpha value is -3.47. The molecular formula is C25H30F2N2O7. The summed E-state index contributed by atoms with van der Waals surface area (Å²) in [5.74, 6) is -0.748. The molecule has 0 spiro atoms. The van der Waals surface area contributed by atoms with Gasteiger partial charge in [0.05, 0.1) is 21.3 Å². The first-order valence-electron chi connectivity index (χ1n) is 11.4. The Morgan fingerprint density at radius 1 is 1.03 bits per heavy atom. The molecule has 1 heterocycles. The number of nitrogens with two attached hydrogens (primary N) is 1. The molecule has 0 bridgehead atoms. The third kappa shape index (κ3) is 6.39. The van der Waals surface area contributed by atoms with Crippen LogP contribution in [0.25, 0.3) is 0 Å². The number of halogens is 2. The SMILES string of the molecule is COc1cc(C(=O)c2cc(OC)c(OCC(F)F)cc2C2CC(OC(C)=O)CCC2N)cc(OC)n1. The number of methoxy groups -OCH3 is 3. The summed E-state index contributed by atoms with van der Waals surface area (Å²) in [6.45, 7) is 0.473. The molecule has 9 nitrogen and oxygen atoms in total. The molecule has 1 aliphatic rings. The van der Waals surface area contributed by atoms with Gasteiger partial charge in [0.1, 0.15) is 12.7 Å². The van der Waals surface area contributed by atoms with Crippen LogP contribution in [0.15, 0.2) is 24.3 Å². The van der Waals surface area contributed by atoms with Gasteiger partial charge in [0.15, 0.2) is 17.3 Å². The third-order valence-corrected chi connectivity index (χ3v) is 5.99. The van der Waals surface area contributed by atoms with E-state index in [9.17, 15) is 18.4 Å². The standard InChI is InChI=1S/C25H30F2N2O7/c1-13(30)36-15-5-6-19(28)17(9-15)16-10-21(35-12-22(26)27)20(32-2)11-18(16)25(31)14-7-23(33-3)29-24(8-14)34-4/h7-8,10-11,15,17,19,22H,5-6,9,12,28H2,1-4H3. The Morgan fingerprint density at radius 3 is 2.25 bits per heavy atom. The van der Waals surface area contributed by atoms with E-state index in [0.717, 1.165) is 0 Å². The summed E-state index contributed by atoms with van der Waals surface area (Å²) >= 11 is 0. The minimum Gasteiger partial charge on any atom is -0.493 e. The summed E-state index contributed by atoms with van der Waals surface area (Å²) in [7, 11) is 4.17. The molecule has 1 aromatic heterocycles. The Balaban J connectivity index is 2.14. The topological polar surface area (TPSA) is 119 Å². The van der Waals surface area contributed by atoms with E-state index in [1.54, 1.807) is 0 Å². The van der Waals surface area contributed by atoms with Crippen LogP contribution in [0.2, 0.25) is 0 Å². The fourth-order valence-corrected chi connectivity index (χ4v) is 4.34. The van der Waals surface area contributed by atoms with E-state index in [1.807, 2.05) is 0 Å². The minimum atomic E-state index is -2.71. The lowest BCUT2D eigenvalue weighted by Crippen LogP contribution is -2.38. The van der Waals surface area contributed by atoms with Crippen molar-refractivity contribution in [3.63, 3.8) is 0 Å². The molecule has 2 N–H and O–H groups in total. The highest BCUT2D eigenvalue weighted by molar-refractivity contribution is 6.10. The normalized spacial score (nSPS) is 19.5. The summed E-state index contributed by atoms with van der Waals surface area (Å²) in [5.41, 5.74) is 7.39. The van der Waals surface area contributed by atoms with Gasteiger partial charge in [-0.05, 0) is 37.0 Å². The fourth-order valence-electron chi connectivity index (χ4n) is 4.34. The van der Waals surface area contributed by atoms with Crippen molar-refractivity contribution in [2.75, 3.05) is 27.9 Å². The number of rotatable bonds is 10. The molecule has 196 valence electrons. The summed E-state index contributed by atoms with van der Waals surface area (Å²) < 4.78 is 52.2. The zero-order valence-electron chi connectivity index (χ0n) is 20.6. The molecule has 1 saturated carbocycles. The number of ketones is 1. The van der Waals surface area contributed by atoms with Crippen molar-refractivity contribution >= 4 is 11.8 Å². The van der Waals surface area contributed by atoms with E-state index >= 15 is 0 Å². The van der Waals surface area contributed by atoms with Crippen LogP contribution in [0.3, 0.4) is 0 Å². The maximum Gasteiger partial charge on any atom is 0.302 e. The molecule has 2 aromatic rings. The Labute approximate surface area is 207 Å². The van der Waals surface area contributed by atoms with Crippen LogP contribution in [-0.4, -0.2) is 63.2 Å². The van der Waals surface area contributed by atoms with Crippen LogP contribution in [-0.2, 0) is 9.53 Å². The summed E-state index contributed by atoms with van der Waals surface area (Å²) in [5, 5.41) is 0. The number of aromatic nitrogens is 1. The van der Waals surface area contributed by atoms with E-state index in [4.69, 9.17) is 29.4 Å². The van der Waals surface area contributed by atoms with E-state index in [0.29, 0.717) is 24.8 Å². The number of benzene rings is 1. The van der Waals surface area contributed by atoms with Crippen molar-refractivity contribution in [3.8, 4) is 23.3 Å². The number of alkyl halides is 2. The zero-order valence-corrected chi connectivity index (χ0v) is 20.6. The number of nitrogens with zero attached hydrogens (tertiary/aromatic N) is 1. The molecule has 3 rings (SSSR count). The van der Waals surface area contributed by atoms with E-state index < -0.39 is 36.8 Å². The minimum absolute atomic E-state index is 0.0519.